The Bertz CT molecular complexity index is 490. The highest BCUT2D eigenvalue weighted by Gasteiger charge is 2.32. The molecule has 1 aromatic rings. The smallest absolute Gasteiger partial charge is 0.227 e. The second kappa shape index (κ2) is 6.88. The quantitative estimate of drug-likeness (QED) is 0.872. The number of nitrogens with zero attached hydrogens (tertiary/aromatic N) is 1. The third-order valence-corrected chi connectivity index (χ3v) is 4.86. The number of carbonyl (C=O) groups is 1. The zero-order valence-electron chi connectivity index (χ0n) is 13.2. The number of amides is 1. The van der Waals surface area contributed by atoms with Crippen molar-refractivity contribution in [3.8, 4) is 0 Å². The van der Waals surface area contributed by atoms with Crippen molar-refractivity contribution in [3.05, 3.63) is 10.7 Å². The Kier molecular flexibility index (Phi) is 5.38. The molecule has 2 rings (SSSR count). The van der Waals surface area contributed by atoms with E-state index in [2.05, 4.69) is 24.1 Å². The van der Waals surface area contributed by atoms with Crippen molar-refractivity contribution in [2.24, 2.45) is 5.92 Å². The molecule has 0 radical (unpaired) electrons. The number of aliphatic hydroxyl groups is 1. The van der Waals surface area contributed by atoms with Crippen molar-refractivity contribution in [2.45, 2.75) is 71.3 Å². The molecule has 118 valence electrons. The summed E-state index contributed by atoms with van der Waals surface area (Å²) in [5, 5.41) is 15.3. The first-order valence-electron chi connectivity index (χ1n) is 7.86. The molecule has 1 aliphatic rings. The van der Waals surface area contributed by atoms with Crippen LogP contribution in [-0.4, -0.2) is 21.6 Å². The minimum absolute atomic E-state index is 0.0898. The fourth-order valence-corrected chi connectivity index (χ4v) is 3.81. The molecular formula is C16H26N2O2S. The highest BCUT2D eigenvalue weighted by molar-refractivity contribution is 7.16. The number of thiazole rings is 1. The highest BCUT2D eigenvalue weighted by atomic mass is 32.1. The van der Waals surface area contributed by atoms with Crippen LogP contribution in [0.2, 0.25) is 0 Å². The number of carbonyl (C=O) groups excluding carboxylic acids is 1. The summed E-state index contributed by atoms with van der Waals surface area (Å²) >= 11 is 1.52. The fourth-order valence-electron chi connectivity index (χ4n) is 2.95. The van der Waals surface area contributed by atoms with E-state index in [1.165, 1.54) is 11.3 Å². The highest BCUT2D eigenvalue weighted by Crippen LogP contribution is 2.32. The Morgan fingerprint density at radius 1 is 1.38 bits per heavy atom. The van der Waals surface area contributed by atoms with Gasteiger partial charge in [-0.05, 0) is 32.1 Å². The lowest BCUT2D eigenvalue weighted by Gasteiger charge is -2.31. The summed E-state index contributed by atoms with van der Waals surface area (Å²) in [6.45, 7) is 6.24. The predicted molar refractivity (Wildman–Crippen MR) is 86.7 cm³/mol. The van der Waals surface area contributed by atoms with Gasteiger partial charge >= 0.3 is 0 Å². The summed E-state index contributed by atoms with van der Waals surface area (Å²) in [4.78, 5) is 16.8. The molecule has 0 aromatic carbocycles. The lowest BCUT2D eigenvalue weighted by atomic mass is 9.82. The van der Waals surface area contributed by atoms with Gasteiger partial charge in [0.2, 0.25) is 5.91 Å². The lowest BCUT2D eigenvalue weighted by molar-refractivity contribution is -0.122. The molecule has 0 saturated heterocycles. The van der Waals surface area contributed by atoms with Gasteiger partial charge in [-0.3, -0.25) is 4.79 Å². The van der Waals surface area contributed by atoms with E-state index in [1.54, 1.807) is 0 Å². The van der Waals surface area contributed by atoms with Crippen molar-refractivity contribution < 1.29 is 9.90 Å². The van der Waals surface area contributed by atoms with Crippen LogP contribution in [0.5, 0.6) is 0 Å². The molecule has 0 bridgehead atoms. The van der Waals surface area contributed by atoms with Crippen LogP contribution < -0.4 is 5.32 Å². The van der Waals surface area contributed by atoms with E-state index in [4.69, 9.17) is 0 Å². The minimum Gasteiger partial charge on any atom is -0.389 e. The van der Waals surface area contributed by atoms with Crippen LogP contribution in [-0.2, 0) is 11.2 Å². The standard InChI is InChI=1S/C16H26N2O2S/c1-11(2)9-13-15(21-12(3)17-13)18-14(19)10-16(20)7-5-4-6-8-16/h11,20H,4-10H2,1-3H3,(H,18,19). The molecule has 21 heavy (non-hydrogen) atoms. The maximum absolute atomic E-state index is 12.2. The summed E-state index contributed by atoms with van der Waals surface area (Å²) in [6.07, 6.45) is 5.73. The first-order chi connectivity index (χ1) is 9.88. The normalized spacial score (nSPS) is 18.0. The van der Waals surface area contributed by atoms with Crippen LogP contribution in [0.3, 0.4) is 0 Å². The second-order valence-electron chi connectivity index (χ2n) is 6.62. The molecule has 0 atom stereocenters. The number of hydrogen-bond acceptors (Lipinski definition) is 4. The van der Waals surface area contributed by atoms with E-state index in [0.717, 1.165) is 54.2 Å². The molecule has 1 saturated carbocycles. The number of aromatic nitrogens is 1. The molecule has 0 unspecified atom stereocenters. The van der Waals surface area contributed by atoms with Gasteiger partial charge in [0.1, 0.15) is 5.00 Å². The predicted octanol–water partition coefficient (Wildman–Crippen LogP) is 3.67. The van der Waals surface area contributed by atoms with Crippen LogP contribution in [0.4, 0.5) is 5.00 Å². The van der Waals surface area contributed by atoms with Gasteiger partial charge in [-0.2, -0.15) is 0 Å². The Hall–Kier alpha value is -0.940. The number of rotatable bonds is 5. The average molecular weight is 310 g/mol. The van der Waals surface area contributed by atoms with Crippen molar-refractivity contribution in [3.63, 3.8) is 0 Å². The molecular weight excluding hydrogens is 284 g/mol. The molecule has 1 aromatic heterocycles. The second-order valence-corrected chi connectivity index (χ2v) is 7.82. The maximum atomic E-state index is 12.2. The molecule has 0 spiro atoms. The van der Waals surface area contributed by atoms with Crippen LogP contribution in [0.15, 0.2) is 0 Å². The summed E-state index contributed by atoms with van der Waals surface area (Å²) in [5.41, 5.74) is 0.164. The molecule has 1 amide bonds. The SMILES string of the molecule is Cc1nc(CC(C)C)c(NC(=O)CC2(O)CCCCC2)s1. The van der Waals surface area contributed by atoms with Crippen LogP contribution in [0.25, 0.3) is 0 Å². The van der Waals surface area contributed by atoms with Gasteiger partial charge in [-0.25, -0.2) is 4.98 Å². The summed E-state index contributed by atoms with van der Waals surface area (Å²) in [5.74, 6) is 0.415. The first kappa shape index (κ1) is 16.4. The van der Waals surface area contributed by atoms with E-state index in [9.17, 15) is 9.90 Å². The molecule has 2 N–H and O–H groups in total. The molecule has 4 nitrogen and oxygen atoms in total. The number of anilines is 1. The van der Waals surface area contributed by atoms with E-state index in [-0.39, 0.29) is 12.3 Å². The third kappa shape index (κ3) is 4.78. The van der Waals surface area contributed by atoms with Gasteiger partial charge < -0.3 is 10.4 Å². The lowest BCUT2D eigenvalue weighted by Crippen LogP contribution is -2.35. The topological polar surface area (TPSA) is 62.2 Å². The zero-order chi connectivity index (χ0) is 15.5. The van der Waals surface area contributed by atoms with Crippen molar-refractivity contribution >= 4 is 22.2 Å². The van der Waals surface area contributed by atoms with E-state index in [0.29, 0.717) is 5.92 Å². The number of hydrogen-bond donors (Lipinski definition) is 2. The molecule has 1 fully saturated rings. The minimum atomic E-state index is -0.805. The van der Waals surface area contributed by atoms with Crippen molar-refractivity contribution in [1.29, 1.82) is 0 Å². The molecule has 1 heterocycles. The number of nitrogens with one attached hydrogen (secondary N) is 1. The number of aryl methyl sites for hydroxylation is 1. The van der Waals surface area contributed by atoms with Crippen LogP contribution in [0, 0.1) is 12.8 Å². The molecule has 5 heteroatoms. The van der Waals surface area contributed by atoms with Gasteiger partial charge in [-0.15, -0.1) is 11.3 Å². The summed E-state index contributed by atoms with van der Waals surface area (Å²) in [7, 11) is 0. The molecule has 1 aliphatic carbocycles. The van der Waals surface area contributed by atoms with E-state index >= 15 is 0 Å². The van der Waals surface area contributed by atoms with Gasteiger partial charge in [0.25, 0.3) is 0 Å². The van der Waals surface area contributed by atoms with Crippen LogP contribution >= 0.6 is 11.3 Å². The van der Waals surface area contributed by atoms with Crippen molar-refractivity contribution in [1.82, 2.24) is 4.98 Å². The third-order valence-electron chi connectivity index (χ3n) is 3.93. The average Bonchev–Trinajstić information content (AvgIpc) is 2.68. The van der Waals surface area contributed by atoms with E-state index in [1.807, 2.05) is 6.92 Å². The van der Waals surface area contributed by atoms with Gasteiger partial charge in [0.15, 0.2) is 0 Å². The largest absolute Gasteiger partial charge is 0.389 e. The van der Waals surface area contributed by atoms with Gasteiger partial charge in [-0.1, -0.05) is 33.1 Å². The zero-order valence-corrected chi connectivity index (χ0v) is 14.1. The van der Waals surface area contributed by atoms with Gasteiger partial charge in [0.05, 0.1) is 22.7 Å². The van der Waals surface area contributed by atoms with Gasteiger partial charge in [0, 0.05) is 0 Å². The Morgan fingerprint density at radius 2 is 2.05 bits per heavy atom. The van der Waals surface area contributed by atoms with Crippen LogP contribution in [0.1, 0.15) is 63.1 Å². The summed E-state index contributed by atoms with van der Waals surface area (Å²) in [6, 6.07) is 0. The monoisotopic (exact) mass is 310 g/mol. The Labute approximate surface area is 131 Å². The Morgan fingerprint density at radius 3 is 2.67 bits per heavy atom. The first-order valence-corrected chi connectivity index (χ1v) is 8.68. The molecule has 0 aliphatic heterocycles. The fraction of sp³-hybridized carbons (Fsp3) is 0.750. The summed E-state index contributed by atoms with van der Waals surface area (Å²) < 4.78 is 0. The maximum Gasteiger partial charge on any atom is 0.227 e. The van der Waals surface area contributed by atoms with Crippen molar-refractivity contribution in [2.75, 3.05) is 5.32 Å². The Balaban J connectivity index is 1.99. The van der Waals surface area contributed by atoms with E-state index < -0.39 is 5.60 Å².